The zero-order chi connectivity index (χ0) is 12.2. The van der Waals surface area contributed by atoms with Crippen LogP contribution in [0.25, 0.3) is 0 Å². The molecular formula is C11H20N4O. The molecule has 0 fully saturated rings. The van der Waals surface area contributed by atoms with Crippen molar-refractivity contribution in [3.05, 3.63) is 18.0 Å². The highest BCUT2D eigenvalue weighted by Crippen LogP contribution is 2.11. The summed E-state index contributed by atoms with van der Waals surface area (Å²) in [5.74, 6) is -0.0984. The molecule has 0 aliphatic rings. The van der Waals surface area contributed by atoms with E-state index in [2.05, 4.69) is 10.4 Å². The van der Waals surface area contributed by atoms with E-state index in [1.54, 1.807) is 10.9 Å². The highest BCUT2D eigenvalue weighted by molar-refractivity contribution is 5.85. The lowest BCUT2D eigenvalue weighted by atomic mass is 9.93. The third-order valence-corrected chi connectivity index (χ3v) is 3.07. The monoisotopic (exact) mass is 224 g/mol. The molecule has 0 radical (unpaired) electrons. The first-order valence-corrected chi connectivity index (χ1v) is 5.57. The lowest BCUT2D eigenvalue weighted by Crippen LogP contribution is -2.52. The Morgan fingerprint density at radius 3 is 2.62 bits per heavy atom. The van der Waals surface area contributed by atoms with Gasteiger partial charge in [-0.2, -0.15) is 5.10 Å². The molecule has 0 saturated heterocycles. The molecule has 0 saturated carbocycles. The third kappa shape index (κ3) is 2.61. The number of rotatable bonds is 5. The Kier molecular flexibility index (Phi) is 4.06. The summed E-state index contributed by atoms with van der Waals surface area (Å²) in [5.41, 5.74) is 6.19. The number of carbonyl (C=O) groups is 1. The van der Waals surface area contributed by atoms with Crippen LogP contribution < -0.4 is 11.1 Å². The first-order valence-electron chi connectivity index (χ1n) is 5.57. The van der Waals surface area contributed by atoms with Crippen molar-refractivity contribution in [3.63, 3.8) is 0 Å². The minimum Gasteiger partial charge on any atom is -0.349 e. The van der Waals surface area contributed by atoms with Gasteiger partial charge in [0.05, 0.1) is 17.8 Å². The van der Waals surface area contributed by atoms with Crippen LogP contribution in [0.3, 0.4) is 0 Å². The largest absolute Gasteiger partial charge is 0.349 e. The van der Waals surface area contributed by atoms with E-state index in [1.165, 1.54) is 0 Å². The van der Waals surface area contributed by atoms with Crippen molar-refractivity contribution in [2.75, 3.05) is 0 Å². The minimum absolute atomic E-state index is 0.0984. The summed E-state index contributed by atoms with van der Waals surface area (Å²) in [5, 5.41) is 6.87. The molecule has 0 bridgehead atoms. The van der Waals surface area contributed by atoms with Crippen LogP contribution in [0.5, 0.6) is 0 Å². The first kappa shape index (κ1) is 12.7. The lowest BCUT2D eigenvalue weighted by molar-refractivity contribution is -0.126. The topological polar surface area (TPSA) is 72.9 Å². The van der Waals surface area contributed by atoms with Crippen LogP contribution in [-0.2, 0) is 18.4 Å². The predicted octanol–water partition coefficient (Wildman–Crippen LogP) is 0.554. The normalized spacial score (nSPS) is 11.5. The molecule has 0 aliphatic carbocycles. The van der Waals surface area contributed by atoms with Crippen LogP contribution in [-0.4, -0.2) is 21.2 Å². The van der Waals surface area contributed by atoms with Crippen molar-refractivity contribution in [3.8, 4) is 0 Å². The number of hydrogen-bond acceptors (Lipinski definition) is 3. The SMILES string of the molecule is CCC(N)(CC)C(=O)NCc1ccnn1C. The van der Waals surface area contributed by atoms with Gasteiger partial charge >= 0.3 is 0 Å². The number of nitrogens with one attached hydrogen (secondary N) is 1. The van der Waals surface area contributed by atoms with Crippen molar-refractivity contribution >= 4 is 5.91 Å². The third-order valence-electron chi connectivity index (χ3n) is 3.07. The smallest absolute Gasteiger partial charge is 0.240 e. The molecule has 3 N–H and O–H groups in total. The predicted molar refractivity (Wildman–Crippen MR) is 62.6 cm³/mol. The van der Waals surface area contributed by atoms with Gasteiger partial charge in [0, 0.05) is 13.2 Å². The van der Waals surface area contributed by atoms with Gasteiger partial charge in [-0.25, -0.2) is 0 Å². The number of amides is 1. The summed E-state index contributed by atoms with van der Waals surface area (Å²) in [4.78, 5) is 11.9. The molecule has 0 unspecified atom stereocenters. The number of hydrogen-bond donors (Lipinski definition) is 2. The average molecular weight is 224 g/mol. The van der Waals surface area contributed by atoms with Crippen molar-refractivity contribution in [1.82, 2.24) is 15.1 Å². The fourth-order valence-electron chi connectivity index (χ4n) is 1.49. The number of aryl methyl sites for hydroxylation is 1. The van der Waals surface area contributed by atoms with Gasteiger partial charge in [0.15, 0.2) is 0 Å². The molecule has 0 aromatic carbocycles. The van der Waals surface area contributed by atoms with E-state index in [0.29, 0.717) is 19.4 Å². The Bertz CT molecular complexity index is 355. The van der Waals surface area contributed by atoms with Crippen LogP contribution in [0.2, 0.25) is 0 Å². The van der Waals surface area contributed by atoms with Gasteiger partial charge in [0.1, 0.15) is 0 Å². The van der Waals surface area contributed by atoms with Crippen molar-refractivity contribution in [1.29, 1.82) is 0 Å². The van der Waals surface area contributed by atoms with Crippen LogP contribution in [0.4, 0.5) is 0 Å². The fraction of sp³-hybridized carbons (Fsp3) is 0.636. The summed E-state index contributed by atoms with van der Waals surface area (Å²) in [7, 11) is 1.84. The number of aromatic nitrogens is 2. The molecule has 0 atom stereocenters. The molecule has 1 rings (SSSR count). The van der Waals surface area contributed by atoms with Crippen molar-refractivity contribution in [2.24, 2.45) is 12.8 Å². The van der Waals surface area contributed by atoms with Crippen LogP contribution in [0.1, 0.15) is 32.4 Å². The van der Waals surface area contributed by atoms with Crippen LogP contribution >= 0.6 is 0 Å². The van der Waals surface area contributed by atoms with Crippen molar-refractivity contribution < 1.29 is 4.79 Å². The standard InChI is InChI=1S/C11H20N4O/c1-4-11(12,5-2)10(16)13-8-9-6-7-14-15(9)3/h6-7H,4-5,8,12H2,1-3H3,(H,13,16). The number of nitrogens with zero attached hydrogens (tertiary/aromatic N) is 2. The van der Waals surface area contributed by atoms with Gasteiger partial charge in [0.2, 0.25) is 5.91 Å². The van der Waals surface area contributed by atoms with Gasteiger partial charge in [0.25, 0.3) is 0 Å². The second-order valence-electron chi connectivity index (χ2n) is 3.99. The second kappa shape index (κ2) is 5.12. The maximum atomic E-state index is 11.9. The minimum atomic E-state index is -0.751. The number of nitrogens with two attached hydrogens (primary N) is 1. The Morgan fingerprint density at radius 1 is 1.56 bits per heavy atom. The highest BCUT2D eigenvalue weighted by Gasteiger charge is 2.29. The molecule has 1 heterocycles. The van der Waals surface area contributed by atoms with Crippen LogP contribution in [0.15, 0.2) is 12.3 Å². The molecule has 1 amide bonds. The Morgan fingerprint density at radius 2 is 2.19 bits per heavy atom. The molecular weight excluding hydrogens is 204 g/mol. The summed E-state index contributed by atoms with van der Waals surface area (Å²) in [6.45, 7) is 4.31. The maximum absolute atomic E-state index is 11.9. The maximum Gasteiger partial charge on any atom is 0.240 e. The summed E-state index contributed by atoms with van der Waals surface area (Å²) < 4.78 is 1.73. The second-order valence-corrected chi connectivity index (χ2v) is 3.99. The van der Waals surface area contributed by atoms with E-state index in [1.807, 2.05) is 27.0 Å². The zero-order valence-electron chi connectivity index (χ0n) is 10.2. The van der Waals surface area contributed by atoms with Gasteiger partial charge in [-0.3, -0.25) is 9.48 Å². The molecule has 5 nitrogen and oxygen atoms in total. The quantitative estimate of drug-likeness (QED) is 0.767. The molecule has 90 valence electrons. The Hall–Kier alpha value is -1.36. The fourth-order valence-corrected chi connectivity index (χ4v) is 1.49. The number of carbonyl (C=O) groups excluding carboxylic acids is 1. The van der Waals surface area contributed by atoms with Gasteiger partial charge in [-0.1, -0.05) is 13.8 Å². The summed E-state index contributed by atoms with van der Waals surface area (Å²) in [6, 6.07) is 1.87. The van der Waals surface area contributed by atoms with Crippen molar-refractivity contribution in [2.45, 2.75) is 38.8 Å². The Labute approximate surface area is 96.0 Å². The van der Waals surface area contributed by atoms with E-state index >= 15 is 0 Å². The van der Waals surface area contributed by atoms with E-state index in [9.17, 15) is 4.79 Å². The van der Waals surface area contributed by atoms with E-state index in [-0.39, 0.29) is 5.91 Å². The lowest BCUT2D eigenvalue weighted by Gasteiger charge is -2.25. The molecule has 5 heteroatoms. The Balaban J connectivity index is 2.56. The molecule has 1 aromatic heterocycles. The van der Waals surface area contributed by atoms with Gasteiger partial charge in [-0.15, -0.1) is 0 Å². The molecule has 0 spiro atoms. The molecule has 1 aromatic rings. The summed E-state index contributed by atoms with van der Waals surface area (Å²) in [6.07, 6.45) is 2.98. The average Bonchev–Trinajstić information content (AvgIpc) is 2.70. The van der Waals surface area contributed by atoms with Gasteiger partial charge in [-0.05, 0) is 18.9 Å². The zero-order valence-corrected chi connectivity index (χ0v) is 10.2. The first-order chi connectivity index (χ1) is 7.53. The summed E-state index contributed by atoms with van der Waals surface area (Å²) >= 11 is 0. The van der Waals surface area contributed by atoms with Crippen LogP contribution in [0, 0.1) is 0 Å². The molecule has 16 heavy (non-hydrogen) atoms. The molecule has 0 aliphatic heterocycles. The van der Waals surface area contributed by atoms with Gasteiger partial charge < -0.3 is 11.1 Å². The van der Waals surface area contributed by atoms with E-state index in [4.69, 9.17) is 5.73 Å². The van der Waals surface area contributed by atoms with E-state index in [0.717, 1.165) is 5.69 Å². The van der Waals surface area contributed by atoms with E-state index < -0.39 is 5.54 Å². The highest BCUT2D eigenvalue weighted by atomic mass is 16.2.